The fourth-order valence-electron chi connectivity index (χ4n) is 2.37. The molecule has 0 atom stereocenters. The first-order chi connectivity index (χ1) is 11.2. The van der Waals surface area contributed by atoms with Crippen LogP contribution < -0.4 is 5.32 Å². The van der Waals surface area contributed by atoms with Gasteiger partial charge in [0.25, 0.3) is 0 Å². The van der Waals surface area contributed by atoms with Crippen LogP contribution in [0.1, 0.15) is 12.5 Å². The molecule has 23 heavy (non-hydrogen) atoms. The van der Waals surface area contributed by atoms with Gasteiger partial charge in [0.1, 0.15) is 0 Å². The Bertz CT molecular complexity index is 537. The van der Waals surface area contributed by atoms with E-state index in [-0.39, 0.29) is 12.6 Å². The van der Waals surface area contributed by atoms with Crippen LogP contribution in [0, 0.1) is 0 Å². The number of hydrogen-bond donors (Lipinski definition) is 1. The fraction of sp³-hybridized carbons (Fsp3) is 0.412. The standard InChI is InChI=1S/C17H23N3O3/c1-2-23-17(22)18-16(21)20-13-11-19(12-14-20)10-6-9-15-7-4-3-5-8-15/h3-9H,2,10-14H2,1H3,(H,18,21,22). The summed E-state index contributed by atoms with van der Waals surface area (Å²) in [5, 5.41) is 2.22. The Kier molecular flexibility index (Phi) is 6.62. The van der Waals surface area contributed by atoms with Gasteiger partial charge in [-0.1, -0.05) is 42.5 Å². The lowest BCUT2D eigenvalue weighted by Gasteiger charge is -2.33. The first-order valence-electron chi connectivity index (χ1n) is 7.85. The second kappa shape index (κ2) is 8.95. The zero-order valence-corrected chi connectivity index (χ0v) is 13.4. The van der Waals surface area contributed by atoms with Crippen molar-refractivity contribution in [3.05, 3.63) is 42.0 Å². The minimum atomic E-state index is -0.689. The number of imide groups is 1. The van der Waals surface area contributed by atoms with E-state index in [1.807, 2.05) is 18.2 Å². The Morgan fingerprint density at radius 3 is 2.52 bits per heavy atom. The molecule has 0 aliphatic carbocycles. The number of hydrogen-bond acceptors (Lipinski definition) is 4. The zero-order valence-electron chi connectivity index (χ0n) is 13.4. The van der Waals surface area contributed by atoms with Crippen LogP contribution in [0.5, 0.6) is 0 Å². The summed E-state index contributed by atoms with van der Waals surface area (Å²) in [5.41, 5.74) is 1.18. The van der Waals surface area contributed by atoms with Gasteiger partial charge in [-0.25, -0.2) is 14.9 Å². The van der Waals surface area contributed by atoms with Gasteiger partial charge in [-0.3, -0.25) is 4.90 Å². The van der Waals surface area contributed by atoms with Crippen molar-refractivity contribution in [2.24, 2.45) is 0 Å². The molecule has 6 heteroatoms. The van der Waals surface area contributed by atoms with Crippen LogP contribution in [0.4, 0.5) is 9.59 Å². The number of amides is 3. The van der Waals surface area contributed by atoms with Crippen molar-refractivity contribution >= 4 is 18.2 Å². The van der Waals surface area contributed by atoms with E-state index in [0.717, 1.165) is 19.6 Å². The Labute approximate surface area is 136 Å². The predicted molar refractivity (Wildman–Crippen MR) is 89.0 cm³/mol. The largest absolute Gasteiger partial charge is 0.450 e. The third-order valence-electron chi connectivity index (χ3n) is 3.62. The maximum absolute atomic E-state index is 11.9. The van der Waals surface area contributed by atoms with E-state index in [1.54, 1.807) is 11.8 Å². The molecule has 1 N–H and O–H groups in total. The van der Waals surface area contributed by atoms with Gasteiger partial charge in [0.05, 0.1) is 6.61 Å². The van der Waals surface area contributed by atoms with Gasteiger partial charge >= 0.3 is 12.1 Å². The minimum Gasteiger partial charge on any atom is -0.450 e. The highest BCUT2D eigenvalue weighted by Gasteiger charge is 2.21. The molecule has 0 unspecified atom stereocenters. The van der Waals surface area contributed by atoms with Crippen LogP contribution in [0.15, 0.2) is 36.4 Å². The highest BCUT2D eigenvalue weighted by atomic mass is 16.5. The fourth-order valence-corrected chi connectivity index (χ4v) is 2.37. The lowest BCUT2D eigenvalue weighted by molar-refractivity contribution is 0.132. The number of piperazine rings is 1. The van der Waals surface area contributed by atoms with Crippen molar-refractivity contribution in [3.8, 4) is 0 Å². The summed E-state index contributed by atoms with van der Waals surface area (Å²) in [5.74, 6) is 0. The van der Waals surface area contributed by atoms with Crippen LogP contribution >= 0.6 is 0 Å². The molecule has 1 aliphatic heterocycles. The van der Waals surface area contributed by atoms with Gasteiger partial charge in [0.15, 0.2) is 0 Å². The number of urea groups is 1. The zero-order chi connectivity index (χ0) is 16.5. The second-order valence-electron chi connectivity index (χ2n) is 5.25. The van der Waals surface area contributed by atoms with Gasteiger partial charge in [-0.15, -0.1) is 0 Å². The molecule has 1 aromatic carbocycles. The highest BCUT2D eigenvalue weighted by Crippen LogP contribution is 2.05. The van der Waals surface area contributed by atoms with Crippen LogP contribution in [-0.2, 0) is 4.74 Å². The summed E-state index contributed by atoms with van der Waals surface area (Å²) < 4.78 is 4.70. The molecule has 1 aromatic rings. The maximum atomic E-state index is 11.9. The van der Waals surface area contributed by atoms with Gasteiger partial charge in [0.2, 0.25) is 0 Å². The number of benzene rings is 1. The van der Waals surface area contributed by atoms with Gasteiger partial charge in [0, 0.05) is 32.7 Å². The normalized spacial score (nSPS) is 15.6. The summed E-state index contributed by atoms with van der Waals surface area (Å²) in [6.45, 7) is 5.58. The van der Waals surface area contributed by atoms with Crippen molar-refractivity contribution < 1.29 is 14.3 Å². The molecule has 3 amide bonds. The quantitative estimate of drug-likeness (QED) is 0.924. The van der Waals surface area contributed by atoms with Crippen molar-refractivity contribution in [1.29, 1.82) is 0 Å². The first kappa shape index (κ1) is 17.0. The van der Waals surface area contributed by atoms with E-state index in [4.69, 9.17) is 4.74 Å². The Hall–Kier alpha value is -2.34. The van der Waals surface area contributed by atoms with Crippen LogP contribution in [0.25, 0.3) is 6.08 Å². The monoisotopic (exact) mass is 317 g/mol. The Balaban J connectivity index is 1.70. The Morgan fingerprint density at radius 2 is 1.87 bits per heavy atom. The highest BCUT2D eigenvalue weighted by molar-refractivity contribution is 5.90. The molecule has 124 valence electrons. The van der Waals surface area contributed by atoms with Crippen LogP contribution in [0.3, 0.4) is 0 Å². The van der Waals surface area contributed by atoms with E-state index in [2.05, 4.69) is 34.5 Å². The molecule has 1 aliphatic rings. The molecule has 0 radical (unpaired) electrons. The molecule has 0 saturated carbocycles. The Morgan fingerprint density at radius 1 is 1.17 bits per heavy atom. The average molecular weight is 317 g/mol. The molecule has 1 fully saturated rings. The van der Waals surface area contributed by atoms with Gasteiger partial charge in [-0.05, 0) is 12.5 Å². The first-order valence-corrected chi connectivity index (χ1v) is 7.85. The molecule has 1 saturated heterocycles. The third kappa shape index (κ3) is 5.75. The molecule has 0 aromatic heterocycles. The summed E-state index contributed by atoms with van der Waals surface area (Å²) in [6, 6.07) is 9.77. The minimum absolute atomic E-state index is 0.251. The third-order valence-corrected chi connectivity index (χ3v) is 3.62. The molecule has 0 spiro atoms. The maximum Gasteiger partial charge on any atom is 0.415 e. The number of nitrogens with one attached hydrogen (secondary N) is 1. The average Bonchev–Trinajstić information content (AvgIpc) is 2.56. The SMILES string of the molecule is CCOC(=O)NC(=O)N1CCN(CC=Cc2ccccc2)CC1. The van der Waals surface area contributed by atoms with Crippen molar-refractivity contribution in [3.63, 3.8) is 0 Å². The lowest BCUT2D eigenvalue weighted by atomic mass is 10.2. The molecule has 6 nitrogen and oxygen atoms in total. The molecular formula is C17H23N3O3. The van der Waals surface area contributed by atoms with Gasteiger partial charge in [-0.2, -0.15) is 0 Å². The van der Waals surface area contributed by atoms with Crippen molar-refractivity contribution in [1.82, 2.24) is 15.1 Å². The summed E-state index contributed by atoms with van der Waals surface area (Å²) in [7, 11) is 0. The van der Waals surface area contributed by atoms with E-state index in [0.29, 0.717) is 13.1 Å². The smallest absolute Gasteiger partial charge is 0.415 e. The topological polar surface area (TPSA) is 61.9 Å². The van der Waals surface area contributed by atoms with Crippen molar-refractivity contribution in [2.75, 3.05) is 39.3 Å². The van der Waals surface area contributed by atoms with Crippen LogP contribution in [-0.4, -0.2) is 61.3 Å². The molecular weight excluding hydrogens is 294 g/mol. The van der Waals surface area contributed by atoms with E-state index in [9.17, 15) is 9.59 Å². The van der Waals surface area contributed by atoms with Gasteiger partial charge < -0.3 is 9.64 Å². The van der Waals surface area contributed by atoms with E-state index in [1.165, 1.54) is 5.56 Å². The molecule has 1 heterocycles. The summed E-state index contributed by atoms with van der Waals surface area (Å²) >= 11 is 0. The predicted octanol–water partition coefficient (Wildman–Crippen LogP) is 2.18. The second-order valence-corrected chi connectivity index (χ2v) is 5.25. The lowest BCUT2D eigenvalue weighted by Crippen LogP contribution is -2.52. The number of rotatable bonds is 4. The van der Waals surface area contributed by atoms with E-state index < -0.39 is 6.09 Å². The molecule has 0 bridgehead atoms. The summed E-state index contributed by atoms with van der Waals surface area (Å²) in [6.07, 6.45) is 3.54. The number of alkyl carbamates (subject to hydrolysis) is 1. The number of ether oxygens (including phenoxy) is 1. The summed E-state index contributed by atoms with van der Waals surface area (Å²) in [4.78, 5) is 27.0. The molecule has 2 rings (SSSR count). The van der Waals surface area contributed by atoms with Crippen LogP contribution in [0.2, 0.25) is 0 Å². The number of nitrogens with zero attached hydrogens (tertiary/aromatic N) is 2. The number of carbonyl (C=O) groups is 2. The number of carbonyl (C=O) groups excluding carboxylic acids is 2. The van der Waals surface area contributed by atoms with E-state index >= 15 is 0 Å². The van der Waals surface area contributed by atoms with Crippen molar-refractivity contribution in [2.45, 2.75) is 6.92 Å².